The average molecular weight is 225 g/mol. The van der Waals surface area contributed by atoms with Crippen LogP contribution in [0.15, 0.2) is 29.2 Å². The Kier molecular flexibility index (Phi) is 2.56. The minimum absolute atomic E-state index is 0.0682. The van der Waals surface area contributed by atoms with E-state index in [0.717, 1.165) is 5.56 Å². The fourth-order valence-electron chi connectivity index (χ4n) is 1.66. The van der Waals surface area contributed by atoms with Gasteiger partial charge in [0.15, 0.2) is 9.84 Å². The summed E-state index contributed by atoms with van der Waals surface area (Å²) in [6.45, 7) is 0. The molecular formula is C11H15NO2S. The Morgan fingerprint density at radius 1 is 1.27 bits per heavy atom. The maximum absolute atomic E-state index is 11.2. The molecule has 1 aliphatic carbocycles. The molecule has 4 heteroatoms. The second kappa shape index (κ2) is 3.61. The van der Waals surface area contributed by atoms with Gasteiger partial charge in [-0.05, 0) is 36.5 Å². The van der Waals surface area contributed by atoms with E-state index >= 15 is 0 Å². The zero-order valence-electron chi connectivity index (χ0n) is 8.68. The van der Waals surface area contributed by atoms with Gasteiger partial charge in [-0.25, -0.2) is 8.42 Å². The molecule has 1 aromatic rings. The minimum Gasteiger partial charge on any atom is -0.324 e. The van der Waals surface area contributed by atoms with Crippen molar-refractivity contribution in [2.24, 2.45) is 11.7 Å². The van der Waals surface area contributed by atoms with E-state index in [9.17, 15) is 8.42 Å². The van der Waals surface area contributed by atoms with Crippen LogP contribution in [0.3, 0.4) is 0 Å². The summed E-state index contributed by atoms with van der Waals surface area (Å²) in [7, 11) is -3.09. The summed E-state index contributed by atoms with van der Waals surface area (Å²) in [5.41, 5.74) is 7.04. The van der Waals surface area contributed by atoms with Crippen molar-refractivity contribution in [2.75, 3.05) is 6.26 Å². The summed E-state index contributed by atoms with van der Waals surface area (Å²) in [6, 6.07) is 6.97. The highest BCUT2D eigenvalue weighted by molar-refractivity contribution is 7.90. The molecule has 0 radical (unpaired) electrons. The number of benzene rings is 1. The number of sulfone groups is 1. The first kappa shape index (κ1) is 10.6. The van der Waals surface area contributed by atoms with Crippen molar-refractivity contribution in [3.63, 3.8) is 0 Å². The van der Waals surface area contributed by atoms with Gasteiger partial charge < -0.3 is 5.73 Å². The molecule has 0 aliphatic heterocycles. The molecule has 2 rings (SSSR count). The van der Waals surface area contributed by atoms with Crippen molar-refractivity contribution in [3.05, 3.63) is 29.8 Å². The Hall–Kier alpha value is -0.870. The third-order valence-electron chi connectivity index (χ3n) is 2.82. The molecule has 82 valence electrons. The second-order valence-corrected chi connectivity index (χ2v) is 6.22. The Labute approximate surface area is 90.2 Å². The normalized spacial score (nSPS) is 18.8. The summed E-state index contributed by atoms with van der Waals surface area (Å²) in [4.78, 5) is 0.356. The molecule has 0 heterocycles. The zero-order chi connectivity index (χ0) is 11.1. The van der Waals surface area contributed by atoms with Gasteiger partial charge in [-0.2, -0.15) is 0 Å². The van der Waals surface area contributed by atoms with Gasteiger partial charge in [-0.1, -0.05) is 12.1 Å². The maximum Gasteiger partial charge on any atom is 0.175 e. The van der Waals surface area contributed by atoms with Crippen molar-refractivity contribution in [2.45, 2.75) is 23.8 Å². The van der Waals surface area contributed by atoms with Gasteiger partial charge >= 0.3 is 0 Å². The molecule has 0 bridgehead atoms. The van der Waals surface area contributed by atoms with Gasteiger partial charge in [-0.3, -0.25) is 0 Å². The summed E-state index contributed by atoms with van der Waals surface area (Å²) in [6.07, 6.45) is 3.59. The summed E-state index contributed by atoms with van der Waals surface area (Å²) < 4.78 is 22.5. The van der Waals surface area contributed by atoms with Crippen LogP contribution >= 0.6 is 0 Å². The van der Waals surface area contributed by atoms with Crippen LogP contribution in [0, 0.1) is 5.92 Å². The predicted octanol–water partition coefficient (Wildman–Crippen LogP) is 1.50. The molecule has 15 heavy (non-hydrogen) atoms. The SMILES string of the molecule is CS(=O)(=O)c1ccc(C(N)C2CC2)cc1. The van der Waals surface area contributed by atoms with Crippen LogP contribution in [0.2, 0.25) is 0 Å². The van der Waals surface area contributed by atoms with E-state index in [1.807, 2.05) is 12.1 Å². The van der Waals surface area contributed by atoms with E-state index < -0.39 is 9.84 Å². The molecule has 1 saturated carbocycles. The van der Waals surface area contributed by atoms with E-state index in [1.165, 1.54) is 19.1 Å². The standard InChI is InChI=1S/C11H15NO2S/c1-15(13,14)10-6-4-9(5-7-10)11(12)8-2-3-8/h4-8,11H,2-3,12H2,1H3. The number of nitrogens with two attached hydrogens (primary N) is 1. The van der Waals surface area contributed by atoms with Crippen LogP contribution in [0.5, 0.6) is 0 Å². The summed E-state index contributed by atoms with van der Waals surface area (Å²) in [5.74, 6) is 0.592. The van der Waals surface area contributed by atoms with Crippen LogP contribution in [0.25, 0.3) is 0 Å². The quantitative estimate of drug-likeness (QED) is 0.848. The molecule has 0 aromatic heterocycles. The van der Waals surface area contributed by atoms with Crippen molar-refractivity contribution < 1.29 is 8.42 Å². The van der Waals surface area contributed by atoms with E-state index in [4.69, 9.17) is 5.73 Å². The highest BCUT2D eigenvalue weighted by Gasteiger charge is 2.29. The lowest BCUT2D eigenvalue weighted by Crippen LogP contribution is -2.12. The van der Waals surface area contributed by atoms with Crippen LogP contribution in [-0.4, -0.2) is 14.7 Å². The molecule has 2 N–H and O–H groups in total. The Balaban J connectivity index is 2.23. The summed E-state index contributed by atoms with van der Waals surface area (Å²) in [5, 5.41) is 0. The molecule has 1 aliphatic rings. The topological polar surface area (TPSA) is 60.2 Å². The van der Waals surface area contributed by atoms with Crippen LogP contribution in [-0.2, 0) is 9.84 Å². The monoisotopic (exact) mass is 225 g/mol. The molecule has 0 spiro atoms. The number of hydrogen-bond acceptors (Lipinski definition) is 3. The average Bonchev–Trinajstić information content (AvgIpc) is 2.99. The van der Waals surface area contributed by atoms with Gasteiger partial charge in [0.1, 0.15) is 0 Å². The highest BCUT2D eigenvalue weighted by atomic mass is 32.2. The Morgan fingerprint density at radius 3 is 2.20 bits per heavy atom. The third kappa shape index (κ3) is 2.38. The largest absolute Gasteiger partial charge is 0.324 e. The molecule has 1 aromatic carbocycles. The summed E-state index contributed by atoms with van der Waals surface area (Å²) >= 11 is 0. The highest BCUT2D eigenvalue weighted by Crippen LogP contribution is 2.39. The van der Waals surface area contributed by atoms with Gasteiger partial charge in [0.2, 0.25) is 0 Å². The first-order chi connectivity index (χ1) is 6.98. The lowest BCUT2D eigenvalue weighted by atomic mass is 10.0. The third-order valence-corrected chi connectivity index (χ3v) is 3.95. The fourth-order valence-corrected chi connectivity index (χ4v) is 2.30. The van der Waals surface area contributed by atoms with Gasteiger partial charge in [0.25, 0.3) is 0 Å². The lowest BCUT2D eigenvalue weighted by molar-refractivity contribution is 0.601. The maximum atomic E-state index is 11.2. The van der Waals surface area contributed by atoms with Crippen LogP contribution in [0.1, 0.15) is 24.4 Å². The van der Waals surface area contributed by atoms with Crippen LogP contribution in [0.4, 0.5) is 0 Å². The number of hydrogen-bond donors (Lipinski definition) is 1. The molecule has 1 fully saturated rings. The van der Waals surface area contributed by atoms with E-state index in [0.29, 0.717) is 10.8 Å². The van der Waals surface area contributed by atoms with E-state index in [1.54, 1.807) is 12.1 Å². The first-order valence-electron chi connectivity index (χ1n) is 5.04. The van der Waals surface area contributed by atoms with Gasteiger partial charge in [0.05, 0.1) is 4.90 Å². The van der Waals surface area contributed by atoms with Crippen molar-refractivity contribution in [3.8, 4) is 0 Å². The van der Waals surface area contributed by atoms with Crippen LogP contribution < -0.4 is 5.73 Å². The fraction of sp³-hybridized carbons (Fsp3) is 0.455. The van der Waals surface area contributed by atoms with Crippen molar-refractivity contribution in [1.82, 2.24) is 0 Å². The predicted molar refractivity (Wildman–Crippen MR) is 59.2 cm³/mol. The lowest BCUT2D eigenvalue weighted by Gasteiger charge is -2.10. The van der Waals surface area contributed by atoms with E-state index in [-0.39, 0.29) is 6.04 Å². The van der Waals surface area contributed by atoms with Crippen molar-refractivity contribution >= 4 is 9.84 Å². The second-order valence-electron chi connectivity index (χ2n) is 4.20. The Bertz CT molecular complexity index is 446. The number of rotatable bonds is 3. The first-order valence-corrected chi connectivity index (χ1v) is 6.93. The van der Waals surface area contributed by atoms with Gasteiger partial charge in [-0.15, -0.1) is 0 Å². The molecule has 0 saturated heterocycles. The molecular weight excluding hydrogens is 210 g/mol. The Morgan fingerprint density at radius 2 is 1.80 bits per heavy atom. The smallest absolute Gasteiger partial charge is 0.175 e. The molecule has 0 amide bonds. The van der Waals surface area contributed by atoms with E-state index in [2.05, 4.69) is 0 Å². The zero-order valence-corrected chi connectivity index (χ0v) is 9.50. The van der Waals surface area contributed by atoms with Gasteiger partial charge in [0, 0.05) is 12.3 Å². The molecule has 1 atom stereocenters. The van der Waals surface area contributed by atoms with Crippen molar-refractivity contribution in [1.29, 1.82) is 0 Å². The minimum atomic E-state index is -3.09. The molecule has 3 nitrogen and oxygen atoms in total. The molecule has 1 unspecified atom stereocenters.